The summed E-state index contributed by atoms with van der Waals surface area (Å²) in [6.45, 7) is 0.629. The van der Waals surface area contributed by atoms with E-state index in [0.717, 1.165) is 6.42 Å². The smallest absolute Gasteiger partial charge is 0.230 e. The third kappa shape index (κ3) is 3.99. The largest absolute Gasteiger partial charge is 0.368 e. The number of nitrogens with two attached hydrogens (primary N) is 1. The molecule has 2 aromatic rings. The van der Waals surface area contributed by atoms with Crippen molar-refractivity contribution in [3.8, 4) is 0 Å². The van der Waals surface area contributed by atoms with E-state index in [2.05, 4.69) is 15.5 Å². The minimum absolute atomic E-state index is 0.0208. The Morgan fingerprint density at radius 3 is 2.75 bits per heavy atom. The first-order valence-corrected chi connectivity index (χ1v) is 7.23. The summed E-state index contributed by atoms with van der Waals surface area (Å²) in [5.41, 5.74) is 6.78. The van der Waals surface area contributed by atoms with Gasteiger partial charge in [0.15, 0.2) is 5.16 Å². The van der Waals surface area contributed by atoms with Gasteiger partial charge in [0, 0.05) is 13.6 Å². The van der Waals surface area contributed by atoms with Crippen LogP contribution in [0.3, 0.4) is 0 Å². The molecule has 1 amide bonds. The second kappa shape index (κ2) is 6.95. The van der Waals surface area contributed by atoms with E-state index in [4.69, 9.17) is 5.73 Å². The molecule has 1 heterocycles. The summed E-state index contributed by atoms with van der Waals surface area (Å²) in [5.74, 6) is 0.630. The van der Waals surface area contributed by atoms with E-state index in [1.165, 1.54) is 17.3 Å². The number of nitrogens with one attached hydrogen (secondary N) is 1. The molecule has 0 spiro atoms. The Labute approximate surface area is 121 Å². The molecule has 0 saturated heterocycles. The maximum Gasteiger partial charge on any atom is 0.230 e. The van der Waals surface area contributed by atoms with E-state index in [0.29, 0.717) is 23.4 Å². The van der Waals surface area contributed by atoms with Crippen molar-refractivity contribution in [1.29, 1.82) is 0 Å². The van der Waals surface area contributed by atoms with Crippen molar-refractivity contribution in [3.05, 3.63) is 35.9 Å². The number of benzene rings is 1. The third-order valence-corrected chi connectivity index (χ3v) is 3.80. The Hall–Kier alpha value is -2.02. The highest BCUT2D eigenvalue weighted by molar-refractivity contribution is 7.99. The Morgan fingerprint density at radius 1 is 1.35 bits per heavy atom. The van der Waals surface area contributed by atoms with Crippen LogP contribution in [-0.4, -0.2) is 33.0 Å². The number of aromatic nitrogens is 3. The minimum Gasteiger partial charge on any atom is -0.368 e. The summed E-state index contributed by atoms with van der Waals surface area (Å²) in [6.07, 6.45) is 0.828. The highest BCUT2D eigenvalue weighted by Gasteiger charge is 2.08. The summed E-state index contributed by atoms with van der Waals surface area (Å²) in [4.78, 5) is 11.7. The molecule has 0 aliphatic rings. The van der Waals surface area contributed by atoms with Gasteiger partial charge in [-0.05, 0) is 12.0 Å². The molecule has 2 rings (SSSR count). The third-order valence-electron chi connectivity index (χ3n) is 2.78. The van der Waals surface area contributed by atoms with Crippen LogP contribution in [-0.2, 0) is 18.3 Å². The lowest BCUT2D eigenvalue weighted by molar-refractivity contribution is -0.118. The van der Waals surface area contributed by atoms with Gasteiger partial charge < -0.3 is 11.1 Å². The minimum atomic E-state index is -0.0208. The molecule has 0 fully saturated rings. The van der Waals surface area contributed by atoms with Crippen molar-refractivity contribution in [2.75, 3.05) is 18.0 Å². The first-order chi connectivity index (χ1) is 9.66. The maximum atomic E-state index is 11.7. The molecule has 6 nitrogen and oxygen atoms in total. The molecule has 1 aromatic carbocycles. The lowest BCUT2D eigenvalue weighted by Gasteiger charge is -2.05. The van der Waals surface area contributed by atoms with Crippen LogP contribution in [0.4, 0.5) is 5.95 Å². The number of hydrogen-bond acceptors (Lipinski definition) is 5. The van der Waals surface area contributed by atoms with Gasteiger partial charge in [-0.2, -0.15) is 0 Å². The number of rotatable bonds is 6. The van der Waals surface area contributed by atoms with Crippen molar-refractivity contribution in [3.63, 3.8) is 0 Å². The monoisotopic (exact) mass is 291 g/mol. The van der Waals surface area contributed by atoms with Gasteiger partial charge in [0.25, 0.3) is 0 Å². The van der Waals surface area contributed by atoms with Crippen molar-refractivity contribution in [2.45, 2.75) is 11.6 Å². The zero-order valence-corrected chi connectivity index (χ0v) is 12.1. The van der Waals surface area contributed by atoms with Crippen molar-refractivity contribution in [1.82, 2.24) is 20.1 Å². The number of thioether (sulfide) groups is 1. The van der Waals surface area contributed by atoms with E-state index < -0.39 is 0 Å². The van der Waals surface area contributed by atoms with Crippen molar-refractivity contribution in [2.24, 2.45) is 7.05 Å². The standard InChI is InChI=1S/C13H17N5OS/c1-18-12(14)16-17-13(18)20-9-11(19)15-8-7-10-5-3-2-4-6-10/h2-6H,7-9H2,1H3,(H2,14,16)(H,15,19). The summed E-state index contributed by atoms with van der Waals surface area (Å²) in [5, 5.41) is 11.1. The quantitative estimate of drug-likeness (QED) is 0.771. The van der Waals surface area contributed by atoms with Crippen LogP contribution < -0.4 is 11.1 Å². The predicted molar refractivity (Wildman–Crippen MR) is 79.3 cm³/mol. The highest BCUT2D eigenvalue weighted by atomic mass is 32.2. The topological polar surface area (TPSA) is 85.8 Å². The molecule has 7 heteroatoms. The van der Waals surface area contributed by atoms with Crippen LogP contribution in [0.25, 0.3) is 0 Å². The van der Waals surface area contributed by atoms with Crippen LogP contribution in [0.1, 0.15) is 5.56 Å². The predicted octanol–water partition coefficient (Wildman–Crippen LogP) is 0.848. The van der Waals surface area contributed by atoms with Crippen molar-refractivity contribution >= 4 is 23.6 Å². The van der Waals surface area contributed by atoms with E-state index in [1.54, 1.807) is 11.6 Å². The summed E-state index contributed by atoms with van der Waals surface area (Å²) in [7, 11) is 1.77. The molecule has 0 atom stereocenters. The SMILES string of the molecule is Cn1c(N)nnc1SCC(=O)NCCc1ccccc1. The lowest BCUT2D eigenvalue weighted by Crippen LogP contribution is -2.27. The highest BCUT2D eigenvalue weighted by Crippen LogP contribution is 2.15. The molecule has 0 unspecified atom stereocenters. The van der Waals surface area contributed by atoms with E-state index in [9.17, 15) is 4.79 Å². The number of carbonyl (C=O) groups is 1. The Bertz CT molecular complexity index is 569. The maximum absolute atomic E-state index is 11.7. The molecule has 106 valence electrons. The summed E-state index contributed by atoms with van der Waals surface area (Å²) < 4.78 is 1.65. The Balaban J connectivity index is 1.69. The fourth-order valence-electron chi connectivity index (χ4n) is 1.62. The van der Waals surface area contributed by atoms with Gasteiger partial charge in [0.2, 0.25) is 11.9 Å². The molecule has 0 radical (unpaired) electrons. The fraction of sp³-hybridized carbons (Fsp3) is 0.308. The van der Waals surface area contributed by atoms with Gasteiger partial charge in [0.1, 0.15) is 0 Å². The summed E-state index contributed by atoms with van der Waals surface area (Å²) >= 11 is 1.32. The first kappa shape index (κ1) is 14.4. The van der Waals surface area contributed by atoms with Crippen LogP contribution >= 0.6 is 11.8 Å². The van der Waals surface area contributed by atoms with Gasteiger partial charge in [-0.15, -0.1) is 10.2 Å². The van der Waals surface area contributed by atoms with E-state index >= 15 is 0 Å². The average Bonchev–Trinajstić information content (AvgIpc) is 2.78. The molecule has 0 aliphatic heterocycles. The molecule has 1 aromatic heterocycles. The molecule has 20 heavy (non-hydrogen) atoms. The number of carbonyl (C=O) groups excluding carboxylic acids is 1. The Morgan fingerprint density at radius 2 is 2.10 bits per heavy atom. The van der Waals surface area contributed by atoms with Crippen molar-refractivity contribution < 1.29 is 4.79 Å². The van der Waals surface area contributed by atoms with Crippen LogP contribution in [0.2, 0.25) is 0 Å². The molecular formula is C13H17N5OS. The number of nitrogen functional groups attached to an aromatic ring is 1. The fourth-order valence-corrected chi connectivity index (χ4v) is 2.37. The molecule has 3 N–H and O–H groups in total. The van der Waals surface area contributed by atoms with Gasteiger partial charge in [0.05, 0.1) is 5.75 Å². The van der Waals surface area contributed by atoms with Gasteiger partial charge in [-0.25, -0.2) is 0 Å². The number of amides is 1. The zero-order valence-electron chi connectivity index (χ0n) is 11.2. The second-order valence-corrected chi connectivity index (χ2v) is 5.22. The molecular weight excluding hydrogens is 274 g/mol. The normalized spacial score (nSPS) is 10.4. The van der Waals surface area contributed by atoms with Gasteiger partial charge in [-0.3, -0.25) is 9.36 Å². The summed E-state index contributed by atoms with van der Waals surface area (Å²) in [6, 6.07) is 10.1. The molecule has 0 bridgehead atoms. The molecule has 0 aliphatic carbocycles. The van der Waals surface area contributed by atoms with E-state index in [-0.39, 0.29) is 5.91 Å². The number of anilines is 1. The second-order valence-electron chi connectivity index (χ2n) is 4.27. The van der Waals surface area contributed by atoms with E-state index in [1.807, 2.05) is 30.3 Å². The zero-order chi connectivity index (χ0) is 14.4. The average molecular weight is 291 g/mol. The number of nitrogens with zero attached hydrogens (tertiary/aromatic N) is 3. The van der Waals surface area contributed by atoms with Gasteiger partial charge >= 0.3 is 0 Å². The van der Waals surface area contributed by atoms with Crippen LogP contribution in [0, 0.1) is 0 Å². The van der Waals surface area contributed by atoms with Crippen LogP contribution in [0.15, 0.2) is 35.5 Å². The number of hydrogen-bond donors (Lipinski definition) is 2. The molecule has 0 saturated carbocycles. The lowest BCUT2D eigenvalue weighted by atomic mass is 10.1. The van der Waals surface area contributed by atoms with Crippen LogP contribution in [0.5, 0.6) is 0 Å². The Kier molecular flexibility index (Phi) is 5.00. The first-order valence-electron chi connectivity index (χ1n) is 6.25. The van der Waals surface area contributed by atoms with Gasteiger partial charge in [-0.1, -0.05) is 42.1 Å².